The number of amides is 1. The third kappa shape index (κ3) is 3.09. The molecule has 2 heterocycles. The second-order valence-electron chi connectivity index (χ2n) is 6.13. The number of carbonyl (C=O) groups is 1. The van der Waals surface area contributed by atoms with Crippen molar-refractivity contribution < 1.29 is 9.21 Å². The first-order valence-corrected chi connectivity index (χ1v) is 8.15. The van der Waals surface area contributed by atoms with Crippen LogP contribution in [-0.2, 0) is 6.42 Å². The van der Waals surface area contributed by atoms with Crippen molar-refractivity contribution in [2.24, 2.45) is 21.7 Å². The Balaban J connectivity index is 1.94. The highest BCUT2D eigenvalue weighted by Gasteiger charge is 2.30. The molecule has 1 saturated heterocycles. The number of hydrogen-bond acceptors (Lipinski definition) is 4. The SMILES string of the molecule is Cc1c(C(=O)N2CCCCC2)oc2c1/C(=N/N=C(N)N)CCC2. The summed E-state index contributed by atoms with van der Waals surface area (Å²) in [6.07, 6.45) is 5.81. The van der Waals surface area contributed by atoms with Gasteiger partial charge in [0.2, 0.25) is 5.96 Å². The summed E-state index contributed by atoms with van der Waals surface area (Å²) in [5.41, 5.74) is 13.3. The van der Waals surface area contributed by atoms with Gasteiger partial charge in [0, 0.05) is 30.6 Å². The number of nitrogens with two attached hydrogens (primary N) is 2. The first-order valence-electron chi connectivity index (χ1n) is 8.15. The van der Waals surface area contributed by atoms with E-state index in [1.165, 1.54) is 6.42 Å². The van der Waals surface area contributed by atoms with Crippen LogP contribution in [0.5, 0.6) is 0 Å². The molecule has 1 aliphatic carbocycles. The van der Waals surface area contributed by atoms with Crippen LogP contribution in [0.3, 0.4) is 0 Å². The molecular formula is C16H23N5O2. The number of furan rings is 1. The van der Waals surface area contributed by atoms with E-state index in [0.717, 1.165) is 67.8 Å². The maximum atomic E-state index is 12.7. The first kappa shape index (κ1) is 15.6. The third-order valence-electron chi connectivity index (χ3n) is 4.45. The van der Waals surface area contributed by atoms with Crippen LogP contribution in [0.2, 0.25) is 0 Å². The van der Waals surface area contributed by atoms with Crippen molar-refractivity contribution in [1.82, 2.24) is 4.90 Å². The van der Waals surface area contributed by atoms with Gasteiger partial charge in [0.15, 0.2) is 5.76 Å². The highest BCUT2D eigenvalue weighted by Crippen LogP contribution is 2.31. The summed E-state index contributed by atoms with van der Waals surface area (Å²) < 4.78 is 5.91. The average Bonchev–Trinajstić information content (AvgIpc) is 2.90. The van der Waals surface area contributed by atoms with Crippen LogP contribution < -0.4 is 11.5 Å². The minimum absolute atomic E-state index is 0.0159. The average molecular weight is 317 g/mol. The number of nitrogens with zero attached hydrogens (tertiary/aromatic N) is 3. The van der Waals surface area contributed by atoms with Gasteiger partial charge in [-0.15, -0.1) is 5.10 Å². The largest absolute Gasteiger partial charge is 0.455 e. The molecule has 3 rings (SSSR count). The van der Waals surface area contributed by atoms with E-state index in [4.69, 9.17) is 15.9 Å². The maximum absolute atomic E-state index is 12.7. The summed E-state index contributed by atoms with van der Waals surface area (Å²) in [6, 6.07) is 0. The summed E-state index contributed by atoms with van der Waals surface area (Å²) in [5.74, 6) is 1.17. The molecule has 23 heavy (non-hydrogen) atoms. The zero-order valence-corrected chi connectivity index (χ0v) is 13.5. The Labute approximate surface area is 135 Å². The van der Waals surface area contributed by atoms with Crippen LogP contribution in [0, 0.1) is 6.92 Å². The zero-order chi connectivity index (χ0) is 16.4. The summed E-state index contributed by atoms with van der Waals surface area (Å²) in [5, 5.41) is 7.90. The van der Waals surface area contributed by atoms with Crippen molar-refractivity contribution >= 4 is 17.6 Å². The van der Waals surface area contributed by atoms with Gasteiger partial charge in [0.25, 0.3) is 5.91 Å². The van der Waals surface area contributed by atoms with Crippen LogP contribution in [0.1, 0.15) is 59.5 Å². The lowest BCUT2D eigenvalue weighted by atomic mass is 9.93. The molecule has 0 radical (unpaired) electrons. The van der Waals surface area contributed by atoms with Gasteiger partial charge in [-0.1, -0.05) is 0 Å². The van der Waals surface area contributed by atoms with Gasteiger partial charge in [0.1, 0.15) is 5.76 Å². The lowest BCUT2D eigenvalue weighted by molar-refractivity contribution is 0.0689. The quantitative estimate of drug-likeness (QED) is 0.489. The summed E-state index contributed by atoms with van der Waals surface area (Å²) in [6.45, 7) is 3.52. The smallest absolute Gasteiger partial charge is 0.289 e. The fourth-order valence-electron chi connectivity index (χ4n) is 3.33. The highest BCUT2D eigenvalue weighted by molar-refractivity contribution is 6.06. The number of piperidine rings is 1. The minimum atomic E-state index is -0.0737. The molecule has 0 bridgehead atoms. The molecule has 1 amide bonds. The van der Waals surface area contributed by atoms with Gasteiger partial charge in [-0.3, -0.25) is 4.79 Å². The lowest BCUT2D eigenvalue weighted by Gasteiger charge is -2.25. The van der Waals surface area contributed by atoms with Gasteiger partial charge >= 0.3 is 0 Å². The van der Waals surface area contributed by atoms with Crippen molar-refractivity contribution in [2.75, 3.05) is 13.1 Å². The molecule has 0 atom stereocenters. The van der Waals surface area contributed by atoms with Gasteiger partial charge in [-0.25, -0.2) is 0 Å². The second kappa shape index (κ2) is 6.44. The minimum Gasteiger partial charge on any atom is -0.455 e. The standard InChI is InChI=1S/C16H23N5O2/c1-10-13-11(19-20-16(17)18)6-5-7-12(13)23-14(10)15(22)21-8-3-2-4-9-21/h2-9H2,1H3,(H4,17,18,20)/b19-11+. The molecule has 1 aliphatic heterocycles. The summed E-state index contributed by atoms with van der Waals surface area (Å²) in [4.78, 5) is 14.6. The van der Waals surface area contributed by atoms with Gasteiger partial charge in [-0.2, -0.15) is 5.10 Å². The molecule has 4 N–H and O–H groups in total. The van der Waals surface area contributed by atoms with Crippen molar-refractivity contribution in [1.29, 1.82) is 0 Å². The van der Waals surface area contributed by atoms with Crippen LogP contribution in [-0.4, -0.2) is 35.6 Å². The molecule has 7 nitrogen and oxygen atoms in total. The van der Waals surface area contributed by atoms with Crippen LogP contribution in [0.25, 0.3) is 0 Å². The number of hydrogen-bond donors (Lipinski definition) is 2. The van der Waals surface area contributed by atoms with E-state index >= 15 is 0 Å². The Kier molecular flexibility index (Phi) is 4.36. The molecule has 0 unspecified atom stereocenters. The summed E-state index contributed by atoms with van der Waals surface area (Å²) >= 11 is 0. The number of carbonyl (C=O) groups excluding carboxylic acids is 1. The van der Waals surface area contributed by atoms with Crippen molar-refractivity contribution in [3.05, 3.63) is 22.6 Å². The number of aryl methyl sites for hydroxylation is 1. The lowest BCUT2D eigenvalue weighted by Crippen LogP contribution is -2.35. The van der Waals surface area contributed by atoms with Crippen LogP contribution in [0.15, 0.2) is 14.6 Å². The maximum Gasteiger partial charge on any atom is 0.289 e. The molecule has 0 spiro atoms. The normalized spacial score (nSPS) is 19.5. The second-order valence-corrected chi connectivity index (χ2v) is 6.13. The zero-order valence-electron chi connectivity index (χ0n) is 13.5. The number of guanidine groups is 1. The van der Waals surface area contributed by atoms with Crippen LogP contribution >= 0.6 is 0 Å². The van der Waals surface area contributed by atoms with E-state index in [1.54, 1.807) is 0 Å². The molecule has 2 aliphatic rings. The van der Waals surface area contributed by atoms with Crippen LogP contribution in [0.4, 0.5) is 0 Å². The molecule has 0 aromatic carbocycles. The Morgan fingerprint density at radius 1 is 1.13 bits per heavy atom. The molecule has 1 aromatic heterocycles. The van der Waals surface area contributed by atoms with E-state index in [0.29, 0.717) is 5.76 Å². The van der Waals surface area contributed by atoms with E-state index < -0.39 is 0 Å². The Morgan fingerprint density at radius 2 is 1.87 bits per heavy atom. The number of fused-ring (bicyclic) bond motifs is 1. The van der Waals surface area contributed by atoms with E-state index in [1.807, 2.05) is 11.8 Å². The first-order chi connectivity index (χ1) is 11.1. The molecule has 124 valence electrons. The van der Waals surface area contributed by atoms with E-state index in [9.17, 15) is 4.79 Å². The predicted octanol–water partition coefficient (Wildman–Crippen LogP) is 1.53. The summed E-state index contributed by atoms with van der Waals surface area (Å²) in [7, 11) is 0. The van der Waals surface area contributed by atoms with E-state index in [2.05, 4.69) is 10.2 Å². The van der Waals surface area contributed by atoms with Gasteiger partial charge < -0.3 is 20.8 Å². The third-order valence-corrected chi connectivity index (χ3v) is 4.45. The highest BCUT2D eigenvalue weighted by atomic mass is 16.4. The molecule has 7 heteroatoms. The van der Waals surface area contributed by atoms with E-state index in [-0.39, 0.29) is 11.9 Å². The van der Waals surface area contributed by atoms with Gasteiger partial charge in [-0.05, 0) is 39.0 Å². The Bertz CT molecular complexity index is 664. The number of likely N-dealkylation sites (tertiary alicyclic amines) is 1. The Hall–Kier alpha value is -2.31. The monoisotopic (exact) mass is 317 g/mol. The fourth-order valence-corrected chi connectivity index (χ4v) is 3.33. The fraction of sp³-hybridized carbons (Fsp3) is 0.562. The van der Waals surface area contributed by atoms with Crippen molar-refractivity contribution in [3.63, 3.8) is 0 Å². The predicted molar refractivity (Wildman–Crippen MR) is 88.5 cm³/mol. The molecular weight excluding hydrogens is 294 g/mol. The van der Waals surface area contributed by atoms with Crippen molar-refractivity contribution in [2.45, 2.75) is 45.4 Å². The molecule has 1 fully saturated rings. The number of rotatable bonds is 2. The Morgan fingerprint density at radius 3 is 2.57 bits per heavy atom. The van der Waals surface area contributed by atoms with Gasteiger partial charge in [0.05, 0.1) is 5.71 Å². The topological polar surface area (TPSA) is 110 Å². The molecule has 0 saturated carbocycles. The molecule has 1 aromatic rings. The van der Waals surface area contributed by atoms with Crippen molar-refractivity contribution in [3.8, 4) is 0 Å².